The predicted octanol–water partition coefficient (Wildman–Crippen LogP) is 6.79. The lowest BCUT2D eigenvalue weighted by Gasteiger charge is -2.30. The van der Waals surface area contributed by atoms with E-state index in [1.165, 1.54) is 6.92 Å². The molecule has 0 aliphatic heterocycles. The fourth-order valence-corrected chi connectivity index (χ4v) is 3.81. The summed E-state index contributed by atoms with van der Waals surface area (Å²) in [6, 6.07) is 17.7. The monoisotopic (exact) mass is 405 g/mol. The molecule has 0 fully saturated rings. The number of benzene rings is 3. The van der Waals surface area contributed by atoms with Crippen molar-refractivity contribution in [1.82, 2.24) is 0 Å². The third-order valence-electron chi connectivity index (χ3n) is 4.86. The molecule has 0 amide bonds. The molecule has 29 heavy (non-hydrogen) atoms. The smallest absolute Gasteiger partial charge is 0.163 e. The van der Waals surface area contributed by atoms with Crippen LogP contribution in [0.3, 0.4) is 0 Å². The van der Waals surface area contributed by atoms with Crippen LogP contribution in [0, 0.1) is 18.3 Å². The summed E-state index contributed by atoms with van der Waals surface area (Å²) in [5.74, 6) is -0.0996. The largest absolute Gasteiger partial charge is 0.360 e. The van der Waals surface area contributed by atoms with Crippen LogP contribution in [0.2, 0.25) is 5.02 Å². The summed E-state index contributed by atoms with van der Waals surface area (Å²) in [5.41, 5.74) is 3.37. The Balaban J connectivity index is 2.48. The van der Waals surface area contributed by atoms with Crippen LogP contribution in [0.5, 0.6) is 0 Å². The van der Waals surface area contributed by atoms with Crippen molar-refractivity contribution in [3.8, 4) is 17.2 Å². The van der Waals surface area contributed by atoms with Gasteiger partial charge in [0.1, 0.15) is 12.2 Å². The number of fused-ring (bicyclic) bond motifs is 1. The number of carbonyl (C=O) groups is 1. The van der Waals surface area contributed by atoms with Gasteiger partial charge in [-0.25, -0.2) is 0 Å². The molecule has 0 saturated carbocycles. The molecule has 148 valence electrons. The minimum atomic E-state index is -0.780. The molecule has 1 unspecified atom stereocenters. The average molecular weight is 406 g/mol. The van der Waals surface area contributed by atoms with Gasteiger partial charge >= 0.3 is 0 Å². The van der Waals surface area contributed by atoms with Crippen molar-refractivity contribution in [3.05, 3.63) is 70.2 Å². The fraction of sp³-hybridized carbons (Fsp3) is 0.280. The first kappa shape index (κ1) is 21.0. The van der Waals surface area contributed by atoms with Crippen LogP contribution in [-0.4, -0.2) is 11.4 Å². The number of rotatable bonds is 4. The summed E-state index contributed by atoms with van der Waals surface area (Å²) in [5, 5.41) is 12.3. The summed E-state index contributed by atoms with van der Waals surface area (Å²) in [6.45, 7) is 9.19. The van der Waals surface area contributed by atoms with Gasteiger partial charge < -0.3 is 4.74 Å². The normalized spacial score (nSPS) is 12.6. The molecule has 0 heterocycles. The summed E-state index contributed by atoms with van der Waals surface area (Å²) in [7, 11) is 0. The molecule has 0 aromatic heterocycles. The molecule has 3 aromatic carbocycles. The number of carbonyl (C=O) groups excluding carboxylic acids is 1. The van der Waals surface area contributed by atoms with Crippen LogP contribution < -0.4 is 0 Å². The van der Waals surface area contributed by atoms with Crippen molar-refractivity contribution < 1.29 is 9.53 Å². The lowest BCUT2D eigenvalue weighted by atomic mass is 9.83. The molecule has 0 spiro atoms. The van der Waals surface area contributed by atoms with Gasteiger partial charge in [-0.05, 0) is 68.8 Å². The van der Waals surface area contributed by atoms with E-state index in [1.54, 1.807) is 0 Å². The second-order valence-corrected chi connectivity index (χ2v) is 8.61. The highest BCUT2D eigenvalue weighted by Crippen LogP contribution is 2.42. The molecular formula is C25H24ClNO2. The minimum absolute atomic E-state index is 0.0996. The van der Waals surface area contributed by atoms with Gasteiger partial charge in [0.25, 0.3) is 0 Å². The van der Waals surface area contributed by atoms with E-state index in [0.29, 0.717) is 10.6 Å². The number of hydrogen-bond acceptors (Lipinski definition) is 3. The Morgan fingerprint density at radius 2 is 1.66 bits per heavy atom. The zero-order valence-electron chi connectivity index (χ0n) is 17.3. The lowest BCUT2D eigenvalue weighted by Crippen LogP contribution is -2.27. The second kappa shape index (κ2) is 7.99. The van der Waals surface area contributed by atoms with Crippen LogP contribution in [0.4, 0.5) is 0 Å². The molecular weight excluding hydrogens is 382 g/mol. The van der Waals surface area contributed by atoms with E-state index in [-0.39, 0.29) is 5.78 Å². The number of hydrogen-bond donors (Lipinski definition) is 0. The maximum absolute atomic E-state index is 12.7. The summed E-state index contributed by atoms with van der Waals surface area (Å²) in [4.78, 5) is 12.7. The average Bonchev–Trinajstić information content (AvgIpc) is 2.65. The molecule has 0 aliphatic rings. The molecule has 0 bridgehead atoms. The van der Waals surface area contributed by atoms with Gasteiger partial charge in [0.05, 0.1) is 11.2 Å². The van der Waals surface area contributed by atoms with E-state index >= 15 is 0 Å². The van der Waals surface area contributed by atoms with Gasteiger partial charge in [0, 0.05) is 16.0 Å². The Hall–Kier alpha value is -2.67. The lowest BCUT2D eigenvalue weighted by molar-refractivity contribution is -0.138. The summed E-state index contributed by atoms with van der Waals surface area (Å²) in [6.07, 6.45) is -0.780. The Bertz CT molecular complexity index is 1120. The van der Waals surface area contributed by atoms with Gasteiger partial charge in [-0.2, -0.15) is 5.26 Å². The van der Waals surface area contributed by atoms with E-state index in [9.17, 15) is 10.1 Å². The number of ether oxygens (including phenoxy) is 1. The number of nitrogens with zero attached hydrogens (tertiary/aromatic N) is 1. The van der Waals surface area contributed by atoms with Crippen LogP contribution in [0.15, 0.2) is 48.5 Å². The Morgan fingerprint density at radius 3 is 2.17 bits per heavy atom. The molecule has 1 atom stereocenters. The number of ketones is 1. The van der Waals surface area contributed by atoms with Crippen LogP contribution in [0.25, 0.3) is 21.9 Å². The highest BCUT2D eigenvalue weighted by Gasteiger charge is 2.31. The van der Waals surface area contributed by atoms with Crippen molar-refractivity contribution in [2.24, 2.45) is 0 Å². The van der Waals surface area contributed by atoms with Gasteiger partial charge in [-0.3, -0.25) is 4.79 Å². The number of halogens is 1. The second-order valence-electron chi connectivity index (χ2n) is 8.17. The van der Waals surface area contributed by atoms with Crippen molar-refractivity contribution in [3.63, 3.8) is 0 Å². The highest BCUT2D eigenvalue weighted by atomic mass is 35.5. The fourth-order valence-electron chi connectivity index (χ4n) is 3.69. The van der Waals surface area contributed by atoms with Gasteiger partial charge in [0.15, 0.2) is 5.78 Å². The molecule has 0 N–H and O–H groups in total. The standard InChI is InChI=1S/C25H24ClNO2/c1-15-21(14-27)19-8-6-7-9-20(19)23(17-10-12-18(26)13-11-17)22(15)24(16(2)28)29-25(3,4)5/h6-13,24H,1-5H3. The third kappa shape index (κ3) is 4.19. The first-order valence-corrected chi connectivity index (χ1v) is 9.91. The number of nitriles is 1. The molecule has 3 aromatic rings. The molecule has 3 nitrogen and oxygen atoms in total. The van der Waals surface area contributed by atoms with E-state index < -0.39 is 11.7 Å². The third-order valence-corrected chi connectivity index (χ3v) is 5.11. The molecule has 4 heteroatoms. The Morgan fingerprint density at radius 1 is 1.07 bits per heavy atom. The van der Waals surface area contributed by atoms with Crippen LogP contribution in [0.1, 0.15) is 50.5 Å². The minimum Gasteiger partial charge on any atom is -0.360 e. The van der Waals surface area contributed by atoms with Gasteiger partial charge in [-0.1, -0.05) is 48.0 Å². The SMILES string of the molecule is CC(=O)C(OC(C)(C)C)c1c(C)c(C#N)c2ccccc2c1-c1ccc(Cl)cc1. The molecule has 0 radical (unpaired) electrons. The first-order valence-electron chi connectivity index (χ1n) is 9.53. The molecule has 0 aliphatic carbocycles. The summed E-state index contributed by atoms with van der Waals surface area (Å²) < 4.78 is 6.22. The van der Waals surface area contributed by atoms with Crippen LogP contribution >= 0.6 is 11.6 Å². The first-order chi connectivity index (χ1) is 13.6. The predicted molar refractivity (Wildman–Crippen MR) is 118 cm³/mol. The zero-order chi connectivity index (χ0) is 21.3. The number of Topliss-reactive ketones (excluding diaryl/α,β-unsaturated/α-hetero) is 1. The van der Waals surface area contributed by atoms with Crippen LogP contribution in [-0.2, 0) is 9.53 Å². The van der Waals surface area contributed by atoms with E-state index in [2.05, 4.69) is 6.07 Å². The molecule has 3 rings (SSSR count). The maximum Gasteiger partial charge on any atom is 0.163 e. The van der Waals surface area contributed by atoms with E-state index in [4.69, 9.17) is 16.3 Å². The zero-order valence-corrected chi connectivity index (χ0v) is 18.1. The topological polar surface area (TPSA) is 50.1 Å². The Kier molecular flexibility index (Phi) is 5.80. The van der Waals surface area contributed by atoms with E-state index in [0.717, 1.165) is 33.0 Å². The quantitative estimate of drug-likeness (QED) is 0.480. The van der Waals surface area contributed by atoms with Crippen molar-refractivity contribution in [2.45, 2.75) is 46.3 Å². The molecule has 0 saturated heterocycles. The Labute approximate surface area is 176 Å². The van der Waals surface area contributed by atoms with Crippen molar-refractivity contribution in [2.75, 3.05) is 0 Å². The van der Waals surface area contributed by atoms with Gasteiger partial charge in [0.2, 0.25) is 0 Å². The maximum atomic E-state index is 12.7. The van der Waals surface area contributed by atoms with E-state index in [1.807, 2.05) is 76.2 Å². The summed E-state index contributed by atoms with van der Waals surface area (Å²) >= 11 is 6.11. The van der Waals surface area contributed by atoms with Crippen molar-refractivity contribution >= 4 is 28.2 Å². The van der Waals surface area contributed by atoms with Gasteiger partial charge in [-0.15, -0.1) is 0 Å². The van der Waals surface area contributed by atoms with Crippen molar-refractivity contribution in [1.29, 1.82) is 5.26 Å². The highest BCUT2D eigenvalue weighted by molar-refractivity contribution is 6.30.